The number of nitrogens with one attached hydrogen (secondary N) is 1. The number of carbonyl (C=O) groups is 1. The summed E-state index contributed by atoms with van der Waals surface area (Å²) >= 11 is 0. The van der Waals surface area contributed by atoms with E-state index in [2.05, 4.69) is 10.2 Å². The van der Waals surface area contributed by atoms with Crippen LogP contribution in [-0.4, -0.2) is 30.4 Å². The van der Waals surface area contributed by atoms with E-state index in [-0.39, 0.29) is 5.91 Å². The summed E-state index contributed by atoms with van der Waals surface area (Å²) in [5.74, 6) is 0.0373. The Kier molecular flexibility index (Phi) is 4.15. The van der Waals surface area contributed by atoms with Gasteiger partial charge in [-0.3, -0.25) is 9.69 Å². The molecule has 0 aromatic heterocycles. The van der Waals surface area contributed by atoms with E-state index >= 15 is 0 Å². The molecule has 2 fully saturated rings. The molecule has 1 amide bonds. The van der Waals surface area contributed by atoms with Gasteiger partial charge in [-0.25, -0.2) is 0 Å². The lowest BCUT2D eigenvalue weighted by Crippen LogP contribution is -2.42. The van der Waals surface area contributed by atoms with Crippen LogP contribution in [0, 0.1) is 5.41 Å². The van der Waals surface area contributed by atoms with Gasteiger partial charge < -0.3 is 11.1 Å². The fourth-order valence-electron chi connectivity index (χ4n) is 3.81. The molecule has 0 radical (unpaired) electrons. The third-order valence-electron chi connectivity index (χ3n) is 5.18. The van der Waals surface area contributed by atoms with Crippen LogP contribution in [0.5, 0.6) is 0 Å². The van der Waals surface area contributed by atoms with Crippen molar-refractivity contribution in [3.8, 4) is 0 Å². The molecule has 0 atom stereocenters. The number of likely N-dealkylation sites (tertiary alicyclic amines) is 1. The second-order valence-electron chi connectivity index (χ2n) is 6.62. The van der Waals surface area contributed by atoms with Gasteiger partial charge in [0.2, 0.25) is 5.91 Å². The van der Waals surface area contributed by atoms with Gasteiger partial charge in [-0.15, -0.1) is 0 Å². The van der Waals surface area contributed by atoms with Gasteiger partial charge in [0.05, 0.1) is 17.9 Å². The summed E-state index contributed by atoms with van der Waals surface area (Å²) in [7, 11) is 0. The number of nitrogen functional groups attached to an aromatic ring is 1. The van der Waals surface area contributed by atoms with Crippen molar-refractivity contribution >= 4 is 17.3 Å². The van der Waals surface area contributed by atoms with Crippen LogP contribution >= 0.6 is 0 Å². The number of hydrogen-bond acceptors (Lipinski definition) is 3. The van der Waals surface area contributed by atoms with Crippen LogP contribution in [0.2, 0.25) is 0 Å². The van der Waals surface area contributed by atoms with Crippen molar-refractivity contribution in [3.05, 3.63) is 24.3 Å². The van der Waals surface area contributed by atoms with Gasteiger partial charge in [-0.2, -0.15) is 0 Å². The van der Waals surface area contributed by atoms with Crippen molar-refractivity contribution in [2.45, 2.75) is 38.5 Å². The second kappa shape index (κ2) is 6.06. The van der Waals surface area contributed by atoms with Gasteiger partial charge in [-0.05, 0) is 56.3 Å². The fourth-order valence-corrected chi connectivity index (χ4v) is 3.81. The van der Waals surface area contributed by atoms with E-state index in [0.29, 0.717) is 23.3 Å². The molecule has 1 heterocycles. The molecule has 4 nitrogen and oxygen atoms in total. The molecule has 1 saturated heterocycles. The lowest BCUT2D eigenvalue weighted by atomic mass is 9.77. The zero-order chi connectivity index (χ0) is 14.7. The minimum atomic E-state index is 0.0373. The fraction of sp³-hybridized carbons (Fsp3) is 0.588. The molecule has 3 rings (SSSR count). The first-order chi connectivity index (χ1) is 10.2. The van der Waals surface area contributed by atoms with E-state index in [4.69, 9.17) is 5.73 Å². The molecule has 0 unspecified atom stereocenters. The Balaban J connectivity index is 1.49. The Labute approximate surface area is 126 Å². The molecular formula is C17H25N3O. The third kappa shape index (κ3) is 3.38. The van der Waals surface area contributed by atoms with Crippen molar-refractivity contribution < 1.29 is 4.79 Å². The third-order valence-corrected chi connectivity index (χ3v) is 5.18. The van der Waals surface area contributed by atoms with Gasteiger partial charge in [0, 0.05) is 0 Å². The van der Waals surface area contributed by atoms with Gasteiger partial charge in [-0.1, -0.05) is 25.0 Å². The van der Waals surface area contributed by atoms with E-state index < -0.39 is 0 Å². The van der Waals surface area contributed by atoms with Crippen molar-refractivity contribution in [1.82, 2.24) is 4.90 Å². The van der Waals surface area contributed by atoms with Crippen molar-refractivity contribution in [1.29, 1.82) is 0 Å². The smallest absolute Gasteiger partial charge is 0.238 e. The summed E-state index contributed by atoms with van der Waals surface area (Å²) in [5, 5.41) is 2.91. The van der Waals surface area contributed by atoms with Gasteiger partial charge >= 0.3 is 0 Å². The molecule has 1 aromatic carbocycles. The quantitative estimate of drug-likeness (QED) is 0.840. The van der Waals surface area contributed by atoms with Gasteiger partial charge in [0.25, 0.3) is 0 Å². The maximum atomic E-state index is 12.1. The molecule has 4 heteroatoms. The van der Waals surface area contributed by atoms with Crippen LogP contribution < -0.4 is 11.1 Å². The van der Waals surface area contributed by atoms with E-state index in [9.17, 15) is 4.79 Å². The van der Waals surface area contributed by atoms with E-state index in [1.807, 2.05) is 18.2 Å². The number of carbonyl (C=O) groups excluding carboxylic acids is 1. The normalized spacial score (nSPS) is 21.5. The standard InChI is InChI=1S/C17H25N3O/c18-14-5-1-2-6-15(14)19-16(21)13-20-11-9-17(10-12-20)7-3-4-8-17/h1-2,5-6H,3-4,7-13,18H2,(H,19,21). The minimum absolute atomic E-state index is 0.0373. The van der Waals surface area contributed by atoms with Crippen LogP contribution in [0.15, 0.2) is 24.3 Å². The lowest BCUT2D eigenvalue weighted by molar-refractivity contribution is -0.117. The maximum Gasteiger partial charge on any atom is 0.238 e. The molecule has 2 aliphatic rings. The first-order valence-corrected chi connectivity index (χ1v) is 8.04. The summed E-state index contributed by atoms with van der Waals surface area (Å²) in [4.78, 5) is 14.4. The summed E-state index contributed by atoms with van der Waals surface area (Å²) < 4.78 is 0. The summed E-state index contributed by atoms with van der Waals surface area (Å²) in [5.41, 5.74) is 7.79. The highest BCUT2D eigenvalue weighted by Crippen LogP contribution is 2.45. The van der Waals surface area contributed by atoms with Crippen LogP contribution in [0.4, 0.5) is 11.4 Å². The first-order valence-electron chi connectivity index (χ1n) is 8.04. The molecule has 1 aromatic rings. The zero-order valence-corrected chi connectivity index (χ0v) is 12.6. The summed E-state index contributed by atoms with van der Waals surface area (Å²) in [6, 6.07) is 7.41. The second-order valence-corrected chi connectivity index (χ2v) is 6.62. The number of para-hydroxylation sites is 2. The van der Waals surface area contributed by atoms with Crippen LogP contribution in [0.1, 0.15) is 38.5 Å². The number of nitrogens with zero attached hydrogens (tertiary/aromatic N) is 1. The number of benzene rings is 1. The molecule has 114 valence electrons. The Morgan fingerprint density at radius 2 is 1.81 bits per heavy atom. The number of hydrogen-bond donors (Lipinski definition) is 2. The number of nitrogens with two attached hydrogens (primary N) is 1. The average molecular weight is 287 g/mol. The molecule has 1 aliphatic heterocycles. The summed E-state index contributed by atoms with van der Waals surface area (Å²) in [6.07, 6.45) is 8.10. The maximum absolute atomic E-state index is 12.1. The molecule has 1 saturated carbocycles. The van der Waals surface area contributed by atoms with Crippen molar-refractivity contribution in [2.75, 3.05) is 30.7 Å². The van der Waals surface area contributed by atoms with E-state index in [1.165, 1.54) is 38.5 Å². The minimum Gasteiger partial charge on any atom is -0.397 e. The molecule has 3 N–H and O–H groups in total. The Morgan fingerprint density at radius 3 is 2.48 bits per heavy atom. The van der Waals surface area contributed by atoms with E-state index in [0.717, 1.165) is 13.1 Å². The average Bonchev–Trinajstić information content (AvgIpc) is 2.93. The monoisotopic (exact) mass is 287 g/mol. The highest BCUT2D eigenvalue weighted by atomic mass is 16.2. The number of amides is 1. The number of rotatable bonds is 3. The predicted molar refractivity (Wildman–Crippen MR) is 86.1 cm³/mol. The van der Waals surface area contributed by atoms with E-state index in [1.54, 1.807) is 6.07 Å². The molecule has 1 spiro atoms. The number of piperidine rings is 1. The Hall–Kier alpha value is -1.55. The lowest BCUT2D eigenvalue weighted by Gasteiger charge is -2.39. The molecule has 21 heavy (non-hydrogen) atoms. The van der Waals surface area contributed by atoms with Crippen LogP contribution in [0.3, 0.4) is 0 Å². The number of anilines is 2. The van der Waals surface area contributed by atoms with Crippen LogP contribution in [-0.2, 0) is 4.79 Å². The zero-order valence-electron chi connectivity index (χ0n) is 12.6. The van der Waals surface area contributed by atoms with Crippen LogP contribution in [0.25, 0.3) is 0 Å². The highest BCUT2D eigenvalue weighted by molar-refractivity contribution is 5.95. The summed E-state index contributed by atoms with van der Waals surface area (Å²) in [6.45, 7) is 2.58. The molecule has 0 bridgehead atoms. The topological polar surface area (TPSA) is 58.4 Å². The molecule has 1 aliphatic carbocycles. The largest absolute Gasteiger partial charge is 0.397 e. The van der Waals surface area contributed by atoms with Gasteiger partial charge in [0.15, 0.2) is 0 Å². The van der Waals surface area contributed by atoms with Crippen molar-refractivity contribution in [2.24, 2.45) is 5.41 Å². The Bertz CT molecular complexity index is 499. The molecular weight excluding hydrogens is 262 g/mol. The predicted octanol–water partition coefficient (Wildman–Crippen LogP) is 2.86. The Morgan fingerprint density at radius 1 is 1.14 bits per heavy atom. The van der Waals surface area contributed by atoms with Gasteiger partial charge in [0.1, 0.15) is 0 Å². The van der Waals surface area contributed by atoms with Crippen molar-refractivity contribution in [3.63, 3.8) is 0 Å². The highest BCUT2D eigenvalue weighted by Gasteiger charge is 2.37. The SMILES string of the molecule is Nc1ccccc1NC(=O)CN1CCC2(CCCC2)CC1. The first kappa shape index (κ1) is 14.4.